The van der Waals surface area contributed by atoms with E-state index in [1.54, 1.807) is 53.6 Å². The summed E-state index contributed by atoms with van der Waals surface area (Å²) in [4.78, 5) is 22.3. The minimum absolute atomic E-state index is 0.0214. The lowest BCUT2D eigenvalue weighted by molar-refractivity contribution is 0.199. The maximum Gasteiger partial charge on any atom is 0.326 e. The molecular formula is C32H35N5O6S2. The number of hydrogen-bond donors (Lipinski definition) is 2. The lowest BCUT2D eigenvalue weighted by Crippen LogP contribution is -2.49. The van der Waals surface area contributed by atoms with E-state index in [4.69, 9.17) is 4.74 Å². The third kappa shape index (κ3) is 9.03. The van der Waals surface area contributed by atoms with Crippen molar-refractivity contribution < 1.29 is 26.4 Å². The molecule has 1 aliphatic rings. The van der Waals surface area contributed by atoms with Crippen LogP contribution in [-0.2, 0) is 26.4 Å². The number of piperidine rings is 1. The van der Waals surface area contributed by atoms with Crippen LogP contribution in [0.5, 0.6) is 11.6 Å². The predicted molar refractivity (Wildman–Crippen MR) is 175 cm³/mol. The standard InChI is InChI=1S/C32H35N5O6S2/c1-44(39,40)30-15-11-25(12-16-30)34-32(38)37(27-6-4-3-5-7-27)28-18-20-36(21-19-28)23-24-8-17-31(33-22-24)43-29-13-9-26(10-14-29)35-45(2,41)42/h3-17,22,28,35H,18-21,23H2,1-2H3,(H,34,38). The second kappa shape index (κ2) is 13.7. The summed E-state index contributed by atoms with van der Waals surface area (Å²) in [5.41, 5.74) is 2.79. The minimum atomic E-state index is -3.35. The number of carbonyl (C=O) groups excluding carboxylic acids is 1. The zero-order valence-electron chi connectivity index (χ0n) is 25.0. The molecule has 4 aromatic rings. The number of aromatic nitrogens is 1. The van der Waals surface area contributed by atoms with Crippen molar-refractivity contribution in [2.75, 3.05) is 40.5 Å². The number of nitrogens with one attached hydrogen (secondary N) is 2. The molecule has 1 saturated heterocycles. The SMILES string of the molecule is CS(=O)(=O)Nc1ccc(Oc2ccc(CN3CCC(N(C(=O)Nc4ccc(S(C)(=O)=O)cc4)c4ccccc4)CC3)cn2)cc1. The predicted octanol–water partition coefficient (Wildman–Crippen LogP) is 5.35. The molecule has 0 aliphatic carbocycles. The van der Waals surface area contributed by atoms with Crippen LogP contribution in [0.1, 0.15) is 18.4 Å². The Balaban J connectivity index is 1.17. The normalized spacial score (nSPS) is 14.4. The largest absolute Gasteiger partial charge is 0.439 e. The van der Waals surface area contributed by atoms with Gasteiger partial charge >= 0.3 is 6.03 Å². The Hall–Kier alpha value is -4.46. The molecular weight excluding hydrogens is 615 g/mol. The van der Waals surface area contributed by atoms with E-state index in [-0.39, 0.29) is 17.0 Å². The molecule has 0 saturated carbocycles. The quantitative estimate of drug-likeness (QED) is 0.235. The Kier molecular flexibility index (Phi) is 9.71. The highest BCUT2D eigenvalue weighted by molar-refractivity contribution is 7.92. The molecule has 2 heterocycles. The van der Waals surface area contributed by atoms with Crippen LogP contribution in [0, 0.1) is 0 Å². The van der Waals surface area contributed by atoms with Crippen LogP contribution in [0.25, 0.3) is 0 Å². The summed E-state index contributed by atoms with van der Waals surface area (Å²) in [5.74, 6) is 0.964. The van der Waals surface area contributed by atoms with Gasteiger partial charge in [-0.3, -0.25) is 14.5 Å². The van der Waals surface area contributed by atoms with Gasteiger partial charge in [0.25, 0.3) is 0 Å². The molecule has 11 nitrogen and oxygen atoms in total. The molecule has 2 amide bonds. The summed E-state index contributed by atoms with van der Waals surface area (Å²) >= 11 is 0. The van der Waals surface area contributed by atoms with Gasteiger partial charge in [-0.1, -0.05) is 24.3 Å². The summed E-state index contributed by atoms with van der Waals surface area (Å²) in [6.07, 6.45) is 5.57. The number of ether oxygens (including phenoxy) is 1. The van der Waals surface area contributed by atoms with Crippen molar-refractivity contribution >= 4 is 43.0 Å². The van der Waals surface area contributed by atoms with Crippen molar-refractivity contribution in [3.05, 3.63) is 103 Å². The monoisotopic (exact) mass is 649 g/mol. The number of benzene rings is 3. The molecule has 45 heavy (non-hydrogen) atoms. The minimum Gasteiger partial charge on any atom is -0.439 e. The molecule has 236 valence electrons. The van der Waals surface area contributed by atoms with Crippen molar-refractivity contribution in [2.45, 2.75) is 30.3 Å². The fraction of sp³-hybridized carbons (Fsp3) is 0.250. The number of para-hydroxylation sites is 1. The number of likely N-dealkylation sites (tertiary alicyclic amines) is 1. The van der Waals surface area contributed by atoms with Crippen molar-refractivity contribution in [1.82, 2.24) is 9.88 Å². The van der Waals surface area contributed by atoms with Crippen LogP contribution >= 0.6 is 0 Å². The molecule has 5 rings (SSSR count). The summed E-state index contributed by atoms with van der Waals surface area (Å²) < 4.78 is 54.6. The lowest BCUT2D eigenvalue weighted by atomic mass is 10.0. The first kappa shape index (κ1) is 31.9. The van der Waals surface area contributed by atoms with Crippen molar-refractivity contribution in [3.8, 4) is 11.6 Å². The average molecular weight is 650 g/mol. The highest BCUT2D eigenvalue weighted by Gasteiger charge is 2.29. The molecule has 0 spiro atoms. The molecule has 0 bridgehead atoms. The number of sulfonamides is 1. The average Bonchev–Trinajstić information content (AvgIpc) is 3.00. The molecule has 2 N–H and O–H groups in total. The number of amides is 2. The molecule has 1 fully saturated rings. The Morgan fingerprint density at radius 2 is 1.51 bits per heavy atom. The Bertz CT molecular complexity index is 1810. The third-order valence-electron chi connectivity index (χ3n) is 7.29. The molecule has 1 aliphatic heterocycles. The second-order valence-corrected chi connectivity index (χ2v) is 14.7. The van der Waals surface area contributed by atoms with Gasteiger partial charge in [0.05, 0.1) is 11.2 Å². The van der Waals surface area contributed by atoms with Crippen molar-refractivity contribution in [1.29, 1.82) is 0 Å². The summed E-state index contributed by atoms with van der Waals surface area (Å²) in [6, 6.07) is 25.8. The zero-order valence-corrected chi connectivity index (χ0v) is 26.6. The van der Waals surface area contributed by atoms with Gasteiger partial charge in [0, 0.05) is 61.3 Å². The number of hydrogen-bond acceptors (Lipinski definition) is 8. The third-order valence-corrected chi connectivity index (χ3v) is 9.03. The van der Waals surface area contributed by atoms with Crippen molar-refractivity contribution in [2.24, 2.45) is 0 Å². The molecule has 0 radical (unpaired) electrons. The topological polar surface area (TPSA) is 138 Å². The fourth-order valence-electron chi connectivity index (χ4n) is 5.14. The zero-order chi connectivity index (χ0) is 32.0. The number of anilines is 3. The van der Waals surface area contributed by atoms with Gasteiger partial charge in [-0.2, -0.15) is 0 Å². The van der Waals surface area contributed by atoms with Gasteiger partial charge in [0.2, 0.25) is 15.9 Å². The Morgan fingerprint density at radius 3 is 2.09 bits per heavy atom. The number of pyridine rings is 1. The molecule has 13 heteroatoms. The van der Waals surface area contributed by atoms with Gasteiger partial charge in [-0.25, -0.2) is 26.6 Å². The molecule has 1 aromatic heterocycles. The number of rotatable bonds is 10. The first-order valence-electron chi connectivity index (χ1n) is 14.3. The second-order valence-electron chi connectivity index (χ2n) is 10.9. The van der Waals surface area contributed by atoms with E-state index in [9.17, 15) is 21.6 Å². The van der Waals surface area contributed by atoms with Crippen LogP contribution in [0.4, 0.5) is 21.9 Å². The van der Waals surface area contributed by atoms with E-state index in [2.05, 4.69) is 19.9 Å². The van der Waals surface area contributed by atoms with Gasteiger partial charge in [0.15, 0.2) is 9.84 Å². The summed E-state index contributed by atoms with van der Waals surface area (Å²) in [7, 11) is -6.68. The smallest absolute Gasteiger partial charge is 0.326 e. The van der Waals surface area contributed by atoms with E-state index in [0.717, 1.165) is 49.7 Å². The number of sulfone groups is 1. The van der Waals surface area contributed by atoms with Crippen LogP contribution in [-0.4, -0.2) is 64.4 Å². The Labute approximate surface area is 263 Å². The molecule has 0 atom stereocenters. The molecule has 3 aromatic carbocycles. The Morgan fingerprint density at radius 1 is 0.867 bits per heavy atom. The van der Waals surface area contributed by atoms with E-state index in [0.29, 0.717) is 29.5 Å². The maximum absolute atomic E-state index is 13.5. The summed E-state index contributed by atoms with van der Waals surface area (Å²) in [6.45, 7) is 2.28. The number of nitrogens with zero attached hydrogens (tertiary/aromatic N) is 3. The van der Waals surface area contributed by atoms with Gasteiger partial charge in [-0.05, 0) is 79.1 Å². The van der Waals surface area contributed by atoms with Crippen LogP contribution < -0.4 is 19.7 Å². The van der Waals surface area contributed by atoms with E-state index >= 15 is 0 Å². The van der Waals surface area contributed by atoms with Gasteiger partial charge in [-0.15, -0.1) is 0 Å². The van der Waals surface area contributed by atoms with E-state index in [1.807, 2.05) is 36.4 Å². The van der Waals surface area contributed by atoms with Crippen LogP contribution in [0.3, 0.4) is 0 Å². The highest BCUT2D eigenvalue weighted by atomic mass is 32.2. The van der Waals surface area contributed by atoms with Crippen LogP contribution in [0.2, 0.25) is 0 Å². The van der Waals surface area contributed by atoms with Crippen LogP contribution in [0.15, 0.2) is 102 Å². The van der Waals surface area contributed by atoms with Crippen molar-refractivity contribution in [3.63, 3.8) is 0 Å². The number of carbonyl (C=O) groups is 1. The van der Waals surface area contributed by atoms with E-state index in [1.165, 1.54) is 12.1 Å². The first-order valence-corrected chi connectivity index (χ1v) is 18.1. The summed E-state index contributed by atoms with van der Waals surface area (Å²) in [5, 5.41) is 2.93. The maximum atomic E-state index is 13.5. The first-order chi connectivity index (χ1) is 21.4. The lowest BCUT2D eigenvalue weighted by Gasteiger charge is -2.38. The van der Waals surface area contributed by atoms with Gasteiger partial charge in [0.1, 0.15) is 5.75 Å². The van der Waals surface area contributed by atoms with E-state index < -0.39 is 19.9 Å². The highest BCUT2D eigenvalue weighted by Crippen LogP contribution is 2.27. The fourth-order valence-corrected chi connectivity index (χ4v) is 6.33. The molecule has 0 unspecified atom stereocenters. The number of urea groups is 1. The van der Waals surface area contributed by atoms with Gasteiger partial charge < -0.3 is 10.1 Å².